The SMILES string of the molecule is Cc1cc(N2CCN(CCc3ccncc3)CC2)nc(C(C)C)n1. The molecule has 3 heterocycles. The first kappa shape index (κ1) is 16.8. The molecule has 0 saturated carbocycles. The van der Waals surface area contributed by atoms with Crippen LogP contribution in [0, 0.1) is 6.92 Å². The minimum Gasteiger partial charge on any atom is -0.354 e. The van der Waals surface area contributed by atoms with Gasteiger partial charge < -0.3 is 4.90 Å². The molecule has 0 unspecified atom stereocenters. The van der Waals surface area contributed by atoms with Gasteiger partial charge >= 0.3 is 0 Å². The van der Waals surface area contributed by atoms with E-state index in [-0.39, 0.29) is 0 Å². The van der Waals surface area contributed by atoms with Crippen LogP contribution in [0.1, 0.15) is 36.8 Å². The first-order valence-electron chi connectivity index (χ1n) is 8.83. The molecule has 2 aromatic rings. The van der Waals surface area contributed by atoms with Crippen LogP contribution in [0.25, 0.3) is 0 Å². The van der Waals surface area contributed by atoms with Crippen molar-refractivity contribution in [2.75, 3.05) is 37.6 Å². The molecule has 0 bridgehead atoms. The van der Waals surface area contributed by atoms with Gasteiger partial charge in [-0.25, -0.2) is 9.97 Å². The zero-order chi connectivity index (χ0) is 16.9. The summed E-state index contributed by atoms with van der Waals surface area (Å²) in [6.45, 7) is 11.7. The highest BCUT2D eigenvalue weighted by molar-refractivity contribution is 5.40. The Kier molecular flexibility index (Phi) is 5.41. The third kappa shape index (κ3) is 4.29. The van der Waals surface area contributed by atoms with Gasteiger partial charge in [0.15, 0.2) is 0 Å². The van der Waals surface area contributed by atoms with Crippen LogP contribution in [0.5, 0.6) is 0 Å². The summed E-state index contributed by atoms with van der Waals surface area (Å²) >= 11 is 0. The van der Waals surface area contributed by atoms with E-state index < -0.39 is 0 Å². The molecule has 0 atom stereocenters. The minimum absolute atomic E-state index is 0.366. The molecule has 1 aliphatic rings. The van der Waals surface area contributed by atoms with Crippen molar-refractivity contribution in [1.82, 2.24) is 19.9 Å². The van der Waals surface area contributed by atoms with Crippen LogP contribution in [0.4, 0.5) is 5.82 Å². The molecule has 0 radical (unpaired) electrons. The fourth-order valence-corrected chi connectivity index (χ4v) is 3.03. The Morgan fingerprint density at radius 1 is 1.04 bits per heavy atom. The molecule has 1 aliphatic heterocycles. The summed E-state index contributed by atoms with van der Waals surface area (Å²) in [5.41, 5.74) is 2.42. The molecule has 24 heavy (non-hydrogen) atoms. The lowest BCUT2D eigenvalue weighted by Crippen LogP contribution is -2.47. The van der Waals surface area contributed by atoms with E-state index in [0.717, 1.165) is 56.5 Å². The number of aromatic nitrogens is 3. The second kappa shape index (κ2) is 7.71. The highest BCUT2D eigenvalue weighted by Gasteiger charge is 2.19. The molecule has 0 aliphatic carbocycles. The maximum Gasteiger partial charge on any atom is 0.133 e. The molecule has 1 fully saturated rings. The van der Waals surface area contributed by atoms with Crippen LogP contribution in [0.2, 0.25) is 0 Å². The monoisotopic (exact) mass is 325 g/mol. The van der Waals surface area contributed by atoms with Crippen molar-refractivity contribution >= 4 is 5.82 Å². The first-order chi connectivity index (χ1) is 11.6. The Morgan fingerprint density at radius 2 is 1.75 bits per heavy atom. The van der Waals surface area contributed by atoms with Gasteiger partial charge in [0.2, 0.25) is 0 Å². The molecule has 3 rings (SSSR count). The van der Waals surface area contributed by atoms with E-state index in [9.17, 15) is 0 Å². The summed E-state index contributed by atoms with van der Waals surface area (Å²) in [6.07, 6.45) is 4.83. The van der Waals surface area contributed by atoms with Gasteiger partial charge in [-0.1, -0.05) is 13.8 Å². The lowest BCUT2D eigenvalue weighted by molar-refractivity contribution is 0.260. The Bertz CT molecular complexity index is 648. The van der Waals surface area contributed by atoms with E-state index in [4.69, 9.17) is 4.98 Å². The van der Waals surface area contributed by atoms with Crippen molar-refractivity contribution < 1.29 is 0 Å². The predicted molar refractivity (Wildman–Crippen MR) is 97.5 cm³/mol. The van der Waals surface area contributed by atoms with Gasteiger partial charge in [-0.05, 0) is 31.0 Å². The number of pyridine rings is 1. The van der Waals surface area contributed by atoms with Crippen molar-refractivity contribution in [3.8, 4) is 0 Å². The standard InChI is InChI=1S/C19H27N5/c1-15(2)19-21-16(3)14-18(22-19)24-12-10-23(11-13-24)9-6-17-4-7-20-8-5-17/h4-5,7-8,14-15H,6,9-13H2,1-3H3. The highest BCUT2D eigenvalue weighted by atomic mass is 15.3. The lowest BCUT2D eigenvalue weighted by atomic mass is 10.2. The quantitative estimate of drug-likeness (QED) is 0.846. The maximum atomic E-state index is 4.76. The number of aryl methyl sites for hydroxylation is 1. The van der Waals surface area contributed by atoms with Gasteiger partial charge in [-0.2, -0.15) is 0 Å². The van der Waals surface area contributed by atoms with E-state index in [2.05, 4.69) is 58.7 Å². The van der Waals surface area contributed by atoms with Crippen LogP contribution in [0.15, 0.2) is 30.6 Å². The Morgan fingerprint density at radius 3 is 2.42 bits per heavy atom. The topological polar surface area (TPSA) is 45.2 Å². The minimum atomic E-state index is 0.366. The molecule has 128 valence electrons. The third-order valence-electron chi connectivity index (χ3n) is 4.54. The number of rotatable bonds is 5. The first-order valence-corrected chi connectivity index (χ1v) is 8.83. The summed E-state index contributed by atoms with van der Waals surface area (Å²) in [7, 11) is 0. The molecular formula is C19H27N5. The molecule has 1 saturated heterocycles. The number of anilines is 1. The normalized spacial score (nSPS) is 15.9. The van der Waals surface area contributed by atoms with E-state index in [1.165, 1.54) is 5.56 Å². The van der Waals surface area contributed by atoms with Gasteiger partial charge in [-0.15, -0.1) is 0 Å². The number of nitrogens with zero attached hydrogens (tertiary/aromatic N) is 5. The molecule has 2 aromatic heterocycles. The van der Waals surface area contributed by atoms with Crippen LogP contribution >= 0.6 is 0 Å². The zero-order valence-corrected chi connectivity index (χ0v) is 14.9. The van der Waals surface area contributed by atoms with Crippen LogP contribution in [-0.2, 0) is 6.42 Å². The van der Waals surface area contributed by atoms with Gasteiger partial charge in [0.25, 0.3) is 0 Å². The molecular weight excluding hydrogens is 298 g/mol. The van der Waals surface area contributed by atoms with Crippen molar-refractivity contribution in [2.24, 2.45) is 0 Å². The smallest absolute Gasteiger partial charge is 0.133 e. The van der Waals surface area contributed by atoms with E-state index >= 15 is 0 Å². The van der Waals surface area contributed by atoms with E-state index in [1.54, 1.807) is 0 Å². The highest BCUT2D eigenvalue weighted by Crippen LogP contribution is 2.18. The average Bonchev–Trinajstić information content (AvgIpc) is 2.61. The van der Waals surface area contributed by atoms with Gasteiger partial charge in [-0.3, -0.25) is 9.88 Å². The lowest BCUT2D eigenvalue weighted by Gasteiger charge is -2.35. The molecule has 0 spiro atoms. The Labute approximate surface area is 144 Å². The number of piperazine rings is 1. The fraction of sp³-hybridized carbons (Fsp3) is 0.526. The van der Waals surface area contributed by atoms with Crippen molar-refractivity contribution in [3.63, 3.8) is 0 Å². The number of hydrogen-bond donors (Lipinski definition) is 0. The average molecular weight is 325 g/mol. The maximum absolute atomic E-state index is 4.76. The fourth-order valence-electron chi connectivity index (χ4n) is 3.03. The molecule has 0 N–H and O–H groups in total. The van der Waals surface area contributed by atoms with E-state index in [1.807, 2.05) is 12.4 Å². The van der Waals surface area contributed by atoms with Crippen LogP contribution in [0.3, 0.4) is 0 Å². The second-order valence-corrected chi connectivity index (χ2v) is 6.81. The molecule has 5 nitrogen and oxygen atoms in total. The largest absolute Gasteiger partial charge is 0.354 e. The summed E-state index contributed by atoms with van der Waals surface area (Å²) < 4.78 is 0. The van der Waals surface area contributed by atoms with Gasteiger partial charge in [0, 0.05) is 62.8 Å². The van der Waals surface area contributed by atoms with Crippen LogP contribution < -0.4 is 4.90 Å². The Balaban J connectivity index is 1.55. The van der Waals surface area contributed by atoms with Crippen molar-refractivity contribution in [2.45, 2.75) is 33.1 Å². The summed E-state index contributed by atoms with van der Waals surface area (Å²) in [6, 6.07) is 6.32. The van der Waals surface area contributed by atoms with Crippen molar-refractivity contribution in [1.29, 1.82) is 0 Å². The molecule has 5 heteroatoms. The van der Waals surface area contributed by atoms with E-state index in [0.29, 0.717) is 5.92 Å². The number of hydrogen-bond acceptors (Lipinski definition) is 5. The Hall–Kier alpha value is -2.01. The van der Waals surface area contributed by atoms with Gasteiger partial charge in [0.05, 0.1) is 0 Å². The zero-order valence-electron chi connectivity index (χ0n) is 14.9. The van der Waals surface area contributed by atoms with Gasteiger partial charge in [0.1, 0.15) is 11.6 Å². The summed E-state index contributed by atoms with van der Waals surface area (Å²) in [4.78, 5) is 18.3. The summed E-state index contributed by atoms with van der Waals surface area (Å²) in [5.74, 6) is 2.40. The third-order valence-corrected chi connectivity index (χ3v) is 4.54. The molecule has 0 aromatic carbocycles. The van der Waals surface area contributed by atoms with Crippen molar-refractivity contribution in [3.05, 3.63) is 47.7 Å². The predicted octanol–water partition coefficient (Wildman–Crippen LogP) is 2.67. The van der Waals surface area contributed by atoms with Crippen LogP contribution in [-0.4, -0.2) is 52.6 Å². The molecule has 0 amide bonds. The second-order valence-electron chi connectivity index (χ2n) is 6.81. The summed E-state index contributed by atoms with van der Waals surface area (Å²) in [5, 5.41) is 0.